The van der Waals surface area contributed by atoms with E-state index in [1.807, 2.05) is 27.0 Å². The highest BCUT2D eigenvalue weighted by Gasteiger charge is 2.27. The number of benzene rings is 1. The summed E-state index contributed by atoms with van der Waals surface area (Å²) in [6, 6.07) is 7.05. The van der Waals surface area contributed by atoms with Crippen LogP contribution < -0.4 is 10.0 Å². The zero-order chi connectivity index (χ0) is 15.5. The van der Waals surface area contributed by atoms with Crippen LogP contribution in [-0.4, -0.2) is 34.7 Å². The standard InChI is InChI=1S/C15H24N2O3S/c1-11(16-3)13-5-4-6-15(9-13)21(18,19)17-12(2)14-7-8-20-10-14/h4-6,9,11-12,14,16-17H,7-8,10H2,1-3H3. The maximum Gasteiger partial charge on any atom is 0.240 e. The molecule has 2 rings (SSSR count). The summed E-state index contributed by atoms with van der Waals surface area (Å²) in [6.45, 7) is 5.24. The lowest BCUT2D eigenvalue weighted by atomic mass is 10.0. The molecule has 0 radical (unpaired) electrons. The van der Waals surface area contributed by atoms with E-state index in [4.69, 9.17) is 4.74 Å². The second kappa shape index (κ2) is 6.87. The third-order valence-corrected chi connectivity index (χ3v) is 5.67. The Balaban J connectivity index is 2.15. The van der Waals surface area contributed by atoms with E-state index in [0.29, 0.717) is 18.1 Å². The van der Waals surface area contributed by atoms with E-state index < -0.39 is 10.0 Å². The first-order valence-corrected chi connectivity index (χ1v) is 8.79. The summed E-state index contributed by atoms with van der Waals surface area (Å²) in [6.07, 6.45) is 0.903. The van der Waals surface area contributed by atoms with Crippen LogP contribution in [0.1, 0.15) is 31.9 Å². The predicted octanol–water partition coefficient (Wildman–Crippen LogP) is 1.67. The van der Waals surface area contributed by atoms with E-state index in [0.717, 1.165) is 12.0 Å². The highest BCUT2D eigenvalue weighted by atomic mass is 32.2. The fourth-order valence-electron chi connectivity index (χ4n) is 2.47. The minimum atomic E-state index is -3.49. The SMILES string of the molecule is CNC(C)c1cccc(S(=O)(=O)NC(C)C2CCOC2)c1. The number of rotatable bonds is 6. The normalized spacial score (nSPS) is 22.1. The zero-order valence-electron chi connectivity index (χ0n) is 12.8. The summed E-state index contributed by atoms with van der Waals surface area (Å²) in [5, 5.41) is 3.11. The Hall–Kier alpha value is -0.950. The van der Waals surface area contributed by atoms with E-state index in [1.54, 1.807) is 18.2 Å². The van der Waals surface area contributed by atoms with E-state index >= 15 is 0 Å². The average molecular weight is 312 g/mol. The monoisotopic (exact) mass is 312 g/mol. The first kappa shape index (κ1) is 16.4. The van der Waals surface area contributed by atoms with E-state index in [-0.39, 0.29) is 18.0 Å². The van der Waals surface area contributed by atoms with Gasteiger partial charge in [0.1, 0.15) is 0 Å². The van der Waals surface area contributed by atoms with Crippen LogP contribution in [0.15, 0.2) is 29.2 Å². The molecule has 1 aromatic carbocycles. The summed E-state index contributed by atoms with van der Waals surface area (Å²) in [4.78, 5) is 0.313. The fraction of sp³-hybridized carbons (Fsp3) is 0.600. The molecule has 118 valence electrons. The zero-order valence-corrected chi connectivity index (χ0v) is 13.6. The van der Waals surface area contributed by atoms with Crippen molar-refractivity contribution in [2.24, 2.45) is 5.92 Å². The van der Waals surface area contributed by atoms with Gasteiger partial charge in [0, 0.05) is 24.6 Å². The fourth-order valence-corrected chi connectivity index (χ4v) is 3.84. The van der Waals surface area contributed by atoms with Gasteiger partial charge in [-0.2, -0.15) is 0 Å². The number of hydrogen-bond donors (Lipinski definition) is 2. The minimum Gasteiger partial charge on any atom is -0.381 e. The quantitative estimate of drug-likeness (QED) is 0.838. The largest absolute Gasteiger partial charge is 0.381 e. The van der Waals surface area contributed by atoms with Gasteiger partial charge in [-0.05, 0) is 45.0 Å². The molecule has 21 heavy (non-hydrogen) atoms. The smallest absolute Gasteiger partial charge is 0.240 e. The average Bonchev–Trinajstić information content (AvgIpc) is 3.00. The van der Waals surface area contributed by atoms with Crippen LogP contribution in [-0.2, 0) is 14.8 Å². The van der Waals surface area contributed by atoms with Gasteiger partial charge < -0.3 is 10.1 Å². The van der Waals surface area contributed by atoms with Crippen LogP contribution >= 0.6 is 0 Å². The van der Waals surface area contributed by atoms with Gasteiger partial charge in [0.05, 0.1) is 11.5 Å². The van der Waals surface area contributed by atoms with Crippen LogP contribution in [0.5, 0.6) is 0 Å². The van der Waals surface area contributed by atoms with Gasteiger partial charge in [-0.15, -0.1) is 0 Å². The number of nitrogens with one attached hydrogen (secondary N) is 2. The molecule has 1 aliphatic heterocycles. The summed E-state index contributed by atoms with van der Waals surface area (Å²) >= 11 is 0. The second-order valence-electron chi connectivity index (χ2n) is 5.62. The van der Waals surface area contributed by atoms with Crippen molar-refractivity contribution in [3.05, 3.63) is 29.8 Å². The third kappa shape index (κ3) is 4.03. The Labute approximate surface area is 127 Å². The molecule has 1 saturated heterocycles. The van der Waals surface area contributed by atoms with Crippen molar-refractivity contribution in [3.63, 3.8) is 0 Å². The lowest BCUT2D eigenvalue weighted by Gasteiger charge is -2.20. The van der Waals surface area contributed by atoms with Crippen molar-refractivity contribution < 1.29 is 13.2 Å². The van der Waals surface area contributed by atoms with Crippen molar-refractivity contribution >= 4 is 10.0 Å². The van der Waals surface area contributed by atoms with Crippen molar-refractivity contribution in [3.8, 4) is 0 Å². The molecule has 0 aliphatic carbocycles. The highest BCUT2D eigenvalue weighted by molar-refractivity contribution is 7.89. The molecule has 0 bridgehead atoms. The molecule has 1 fully saturated rings. The summed E-state index contributed by atoms with van der Waals surface area (Å²) < 4.78 is 33.1. The van der Waals surface area contributed by atoms with Crippen LogP contribution in [0.25, 0.3) is 0 Å². The molecule has 0 spiro atoms. The highest BCUT2D eigenvalue weighted by Crippen LogP contribution is 2.20. The topological polar surface area (TPSA) is 67.4 Å². The first-order chi connectivity index (χ1) is 9.94. The van der Waals surface area contributed by atoms with E-state index in [2.05, 4.69) is 10.0 Å². The van der Waals surface area contributed by atoms with Gasteiger partial charge in [0.2, 0.25) is 10.0 Å². The maximum absolute atomic E-state index is 12.5. The molecule has 0 saturated carbocycles. The molecule has 1 aliphatic rings. The first-order valence-electron chi connectivity index (χ1n) is 7.31. The molecule has 3 unspecified atom stereocenters. The molecule has 2 N–H and O–H groups in total. The second-order valence-corrected chi connectivity index (χ2v) is 7.33. The molecule has 6 heteroatoms. The van der Waals surface area contributed by atoms with Crippen molar-refractivity contribution in [1.82, 2.24) is 10.0 Å². The minimum absolute atomic E-state index is 0.112. The number of sulfonamides is 1. The third-order valence-electron chi connectivity index (χ3n) is 4.11. The van der Waals surface area contributed by atoms with Crippen molar-refractivity contribution in [2.45, 2.75) is 37.2 Å². The van der Waals surface area contributed by atoms with Crippen molar-refractivity contribution in [2.75, 3.05) is 20.3 Å². The van der Waals surface area contributed by atoms with Crippen LogP contribution in [0.3, 0.4) is 0 Å². The molecule has 1 heterocycles. The summed E-state index contributed by atoms with van der Waals surface area (Å²) in [5.74, 6) is 0.249. The Morgan fingerprint density at radius 2 is 2.10 bits per heavy atom. The number of ether oxygens (including phenoxy) is 1. The van der Waals surface area contributed by atoms with Gasteiger partial charge in [0.15, 0.2) is 0 Å². The van der Waals surface area contributed by atoms with Crippen LogP contribution in [0, 0.1) is 5.92 Å². The summed E-state index contributed by atoms with van der Waals surface area (Å²) in [7, 11) is -1.64. The molecular formula is C15H24N2O3S. The van der Waals surface area contributed by atoms with E-state index in [9.17, 15) is 8.42 Å². The van der Waals surface area contributed by atoms with Crippen molar-refractivity contribution in [1.29, 1.82) is 0 Å². The Morgan fingerprint density at radius 3 is 2.71 bits per heavy atom. The predicted molar refractivity (Wildman–Crippen MR) is 82.6 cm³/mol. The molecule has 5 nitrogen and oxygen atoms in total. The van der Waals surface area contributed by atoms with E-state index in [1.165, 1.54) is 0 Å². The van der Waals surface area contributed by atoms with Crippen LogP contribution in [0.4, 0.5) is 0 Å². The van der Waals surface area contributed by atoms with Crippen LogP contribution in [0.2, 0.25) is 0 Å². The molecule has 0 amide bonds. The molecule has 1 aromatic rings. The summed E-state index contributed by atoms with van der Waals surface area (Å²) in [5.41, 5.74) is 0.956. The Bertz CT molecular complexity index is 568. The van der Waals surface area contributed by atoms with Gasteiger partial charge in [-0.1, -0.05) is 12.1 Å². The Morgan fingerprint density at radius 1 is 1.33 bits per heavy atom. The van der Waals surface area contributed by atoms with Gasteiger partial charge >= 0.3 is 0 Å². The lowest BCUT2D eigenvalue weighted by molar-refractivity contribution is 0.180. The molecular weight excluding hydrogens is 288 g/mol. The Kier molecular flexibility index (Phi) is 5.37. The number of hydrogen-bond acceptors (Lipinski definition) is 4. The maximum atomic E-state index is 12.5. The van der Waals surface area contributed by atoms with Gasteiger partial charge in [0.25, 0.3) is 0 Å². The molecule has 0 aromatic heterocycles. The van der Waals surface area contributed by atoms with Gasteiger partial charge in [-0.25, -0.2) is 13.1 Å². The molecule has 3 atom stereocenters. The van der Waals surface area contributed by atoms with Gasteiger partial charge in [-0.3, -0.25) is 0 Å². The lowest BCUT2D eigenvalue weighted by Crippen LogP contribution is -2.38.